The number of rotatable bonds is 6. The number of carbonyl (C=O) groups excluding carboxylic acids is 1. The Balaban J connectivity index is 1.02. The van der Waals surface area contributed by atoms with E-state index < -0.39 is 0 Å². The minimum absolute atomic E-state index is 0.232. The largest absolute Gasteiger partial charge is 0.303 e. The van der Waals surface area contributed by atoms with E-state index in [9.17, 15) is 4.79 Å². The zero-order valence-electron chi connectivity index (χ0n) is 19.2. The van der Waals surface area contributed by atoms with Crippen molar-refractivity contribution in [2.75, 3.05) is 19.6 Å². The number of hydrogen-bond acceptors (Lipinski definition) is 5. The summed E-state index contributed by atoms with van der Waals surface area (Å²) < 4.78 is 1.82. The topological polar surface area (TPSA) is 63.9 Å². The Labute approximate surface area is 190 Å². The normalized spacial score (nSPS) is 30.3. The van der Waals surface area contributed by atoms with Crippen molar-refractivity contribution < 1.29 is 4.79 Å². The van der Waals surface area contributed by atoms with Gasteiger partial charge >= 0.3 is 0 Å². The Kier molecular flexibility index (Phi) is 4.83. The molecule has 0 amide bonds. The van der Waals surface area contributed by atoms with Gasteiger partial charge in [0.2, 0.25) is 0 Å². The molecule has 4 atom stereocenters. The summed E-state index contributed by atoms with van der Waals surface area (Å²) in [6, 6.07) is 3.92. The molecule has 1 aliphatic heterocycles. The number of aryl methyl sites for hydroxylation is 2. The number of nitrogens with zero attached hydrogens (tertiary/aromatic N) is 5. The van der Waals surface area contributed by atoms with Crippen LogP contribution in [0.2, 0.25) is 0 Å². The summed E-state index contributed by atoms with van der Waals surface area (Å²) in [4.78, 5) is 15.7. The van der Waals surface area contributed by atoms with Crippen molar-refractivity contribution in [3.63, 3.8) is 0 Å². The molecule has 6 nitrogen and oxygen atoms in total. The quantitative estimate of drug-likeness (QED) is 0.654. The van der Waals surface area contributed by atoms with Crippen LogP contribution in [0.5, 0.6) is 0 Å². The van der Waals surface area contributed by atoms with Crippen molar-refractivity contribution in [1.29, 1.82) is 0 Å². The third kappa shape index (κ3) is 3.53. The van der Waals surface area contributed by atoms with Gasteiger partial charge in [-0.05, 0) is 93.0 Å². The van der Waals surface area contributed by atoms with Crippen LogP contribution in [0.1, 0.15) is 43.4 Å². The minimum Gasteiger partial charge on any atom is -0.303 e. The van der Waals surface area contributed by atoms with Crippen molar-refractivity contribution in [1.82, 2.24) is 24.9 Å². The highest BCUT2D eigenvalue weighted by Crippen LogP contribution is 2.60. The van der Waals surface area contributed by atoms with Gasteiger partial charge in [-0.2, -0.15) is 10.2 Å². The van der Waals surface area contributed by atoms with Gasteiger partial charge in [-0.1, -0.05) is 12.2 Å². The molecule has 2 aromatic rings. The average Bonchev–Trinajstić information content (AvgIpc) is 3.09. The molecule has 4 aliphatic rings. The van der Waals surface area contributed by atoms with E-state index in [0.29, 0.717) is 12.2 Å². The highest BCUT2D eigenvalue weighted by molar-refractivity contribution is 5.86. The van der Waals surface area contributed by atoms with Crippen LogP contribution in [-0.4, -0.2) is 50.3 Å². The van der Waals surface area contributed by atoms with Gasteiger partial charge in [-0.3, -0.25) is 9.48 Å². The van der Waals surface area contributed by atoms with Crippen LogP contribution in [0.25, 0.3) is 11.4 Å². The van der Waals surface area contributed by atoms with Gasteiger partial charge in [0.25, 0.3) is 0 Å². The van der Waals surface area contributed by atoms with Gasteiger partial charge < -0.3 is 4.90 Å². The molecule has 6 heteroatoms. The standard InChI is InChI=1S/C26H33N5O/c1-17-15-27-30(2)25(17)23-6-5-21(28-29-23)13-24(32)22-14-26(22)7-9-31(10-8-26)16-20-12-18-3-4-19(20)11-18/h3-6,15,18-20,22H,7-14,16H2,1-2H3. The Morgan fingerprint density at radius 2 is 2.00 bits per heavy atom. The molecule has 3 heterocycles. The predicted molar refractivity (Wildman–Crippen MR) is 123 cm³/mol. The van der Waals surface area contributed by atoms with Gasteiger partial charge in [0, 0.05) is 19.5 Å². The zero-order chi connectivity index (χ0) is 21.9. The highest BCUT2D eigenvalue weighted by Gasteiger charge is 2.58. The molecule has 3 fully saturated rings. The maximum absolute atomic E-state index is 13.0. The lowest BCUT2D eigenvalue weighted by Crippen LogP contribution is -2.39. The Morgan fingerprint density at radius 3 is 2.62 bits per heavy atom. The Morgan fingerprint density at radius 1 is 1.16 bits per heavy atom. The van der Waals surface area contributed by atoms with E-state index in [1.54, 1.807) is 0 Å². The van der Waals surface area contributed by atoms with E-state index >= 15 is 0 Å². The molecule has 2 aromatic heterocycles. The Hall–Kier alpha value is -2.34. The molecule has 0 radical (unpaired) electrons. The first-order chi connectivity index (χ1) is 15.5. The third-order valence-electron chi connectivity index (χ3n) is 8.78. The third-order valence-corrected chi connectivity index (χ3v) is 8.78. The first-order valence-corrected chi connectivity index (χ1v) is 12.3. The van der Waals surface area contributed by atoms with Crippen molar-refractivity contribution in [2.45, 2.75) is 45.4 Å². The van der Waals surface area contributed by atoms with E-state index in [-0.39, 0.29) is 11.3 Å². The first kappa shape index (κ1) is 20.3. The summed E-state index contributed by atoms with van der Waals surface area (Å²) in [7, 11) is 1.91. The van der Waals surface area contributed by atoms with Crippen LogP contribution in [-0.2, 0) is 18.3 Å². The molecular weight excluding hydrogens is 398 g/mol. The van der Waals surface area contributed by atoms with Gasteiger partial charge in [0.05, 0.1) is 24.0 Å². The number of fused-ring (bicyclic) bond motifs is 2. The molecule has 2 saturated carbocycles. The molecule has 3 aliphatic carbocycles. The number of ketones is 1. The molecule has 168 valence electrons. The summed E-state index contributed by atoms with van der Waals surface area (Å²) >= 11 is 0. The summed E-state index contributed by atoms with van der Waals surface area (Å²) in [5, 5.41) is 13.0. The summed E-state index contributed by atoms with van der Waals surface area (Å²) in [6.45, 7) is 5.62. The SMILES string of the molecule is Cc1cnn(C)c1-c1ccc(CC(=O)C2CC23CCN(CC2CC4C=CC2C4)CC3)nn1. The second-order valence-electron chi connectivity index (χ2n) is 10.8. The lowest BCUT2D eigenvalue weighted by Gasteiger charge is -2.35. The van der Waals surface area contributed by atoms with Crippen LogP contribution in [0.3, 0.4) is 0 Å². The predicted octanol–water partition coefficient (Wildman–Crippen LogP) is 3.61. The molecular formula is C26H33N5O. The van der Waals surface area contributed by atoms with Crippen molar-refractivity contribution in [2.24, 2.45) is 36.1 Å². The van der Waals surface area contributed by atoms with E-state index in [4.69, 9.17) is 0 Å². The summed E-state index contributed by atoms with van der Waals surface area (Å²) in [5.74, 6) is 3.15. The fourth-order valence-electron chi connectivity index (χ4n) is 6.77. The van der Waals surface area contributed by atoms with Crippen LogP contribution < -0.4 is 0 Å². The molecule has 4 unspecified atom stereocenters. The second kappa shape index (κ2) is 7.62. The first-order valence-electron chi connectivity index (χ1n) is 12.3. The van der Waals surface area contributed by atoms with Crippen LogP contribution in [0.15, 0.2) is 30.5 Å². The van der Waals surface area contributed by atoms with E-state index in [2.05, 4.69) is 32.3 Å². The van der Waals surface area contributed by atoms with E-state index in [1.165, 1.54) is 45.3 Å². The number of aromatic nitrogens is 4. The smallest absolute Gasteiger partial charge is 0.142 e. The maximum atomic E-state index is 13.0. The second-order valence-corrected chi connectivity index (χ2v) is 10.8. The van der Waals surface area contributed by atoms with Crippen LogP contribution >= 0.6 is 0 Å². The van der Waals surface area contributed by atoms with Crippen molar-refractivity contribution >= 4 is 5.78 Å². The fraction of sp³-hybridized carbons (Fsp3) is 0.615. The molecule has 32 heavy (non-hydrogen) atoms. The lowest BCUT2D eigenvalue weighted by molar-refractivity contribution is -0.120. The minimum atomic E-state index is 0.232. The van der Waals surface area contributed by atoms with Gasteiger partial charge in [-0.15, -0.1) is 5.10 Å². The molecule has 1 spiro atoms. The lowest BCUT2D eigenvalue weighted by atomic mass is 9.87. The number of Topliss-reactive ketones (excluding diaryl/α,β-unsaturated/α-hetero) is 1. The number of likely N-dealkylation sites (tertiary alicyclic amines) is 1. The fourth-order valence-corrected chi connectivity index (χ4v) is 6.77. The molecule has 0 N–H and O–H groups in total. The zero-order valence-corrected chi connectivity index (χ0v) is 19.2. The van der Waals surface area contributed by atoms with Crippen LogP contribution in [0.4, 0.5) is 0 Å². The Bertz CT molecular complexity index is 1030. The highest BCUT2D eigenvalue weighted by atomic mass is 16.1. The molecule has 6 rings (SSSR count). The average molecular weight is 432 g/mol. The molecule has 0 aromatic carbocycles. The van der Waals surface area contributed by atoms with Crippen LogP contribution in [0, 0.1) is 36.0 Å². The van der Waals surface area contributed by atoms with Gasteiger partial charge in [0.15, 0.2) is 0 Å². The van der Waals surface area contributed by atoms with Crippen molar-refractivity contribution in [3.05, 3.63) is 41.7 Å². The molecule has 2 bridgehead atoms. The van der Waals surface area contributed by atoms with Crippen molar-refractivity contribution in [3.8, 4) is 11.4 Å². The summed E-state index contributed by atoms with van der Waals surface area (Å²) in [6.07, 6.45) is 13.4. The molecule has 1 saturated heterocycles. The van der Waals surface area contributed by atoms with E-state index in [0.717, 1.165) is 46.8 Å². The van der Waals surface area contributed by atoms with Gasteiger partial charge in [0.1, 0.15) is 11.5 Å². The van der Waals surface area contributed by atoms with Gasteiger partial charge in [-0.25, -0.2) is 0 Å². The number of allylic oxidation sites excluding steroid dienone is 2. The number of carbonyl (C=O) groups is 1. The summed E-state index contributed by atoms with van der Waals surface area (Å²) in [5.41, 5.74) is 3.92. The monoisotopic (exact) mass is 431 g/mol. The van der Waals surface area contributed by atoms with E-state index in [1.807, 2.05) is 37.0 Å². The maximum Gasteiger partial charge on any atom is 0.142 e. The number of piperidine rings is 1. The number of hydrogen-bond donors (Lipinski definition) is 0.